The van der Waals surface area contributed by atoms with Gasteiger partial charge in [0, 0.05) is 31.6 Å². The Morgan fingerprint density at radius 3 is 2.56 bits per heavy atom. The van der Waals surface area contributed by atoms with E-state index in [0.29, 0.717) is 35.9 Å². The highest BCUT2D eigenvalue weighted by molar-refractivity contribution is 5.91. The van der Waals surface area contributed by atoms with Crippen molar-refractivity contribution in [2.45, 2.75) is 69.8 Å². The zero-order valence-electron chi connectivity index (χ0n) is 19.9. The summed E-state index contributed by atoms with van der Waals surface area (Å²) in [5.41, 5.74) is 3.30. The highest BCUT2D eigenvalue weighted by Crippen LogP contribution is 2.66. The zero-order chi connectivity index (χ0) is 22.5. The van der Waals surface area contributed by atoms with Crippen LogP contribution in [0, 0.1) is 29.1 Å². The molecule has 3 heteroatoms. The molecule has 1 N–H and O–H groups in total. The Bertz CT molecular complexity index is 916. The molecule has 0 aromatic heterocycles. The second kappa shape index (κ2) is 8.17. The van der Waals surface area contributed by atoms with Crippen LogP contribution in [0.25, 0.3) is 0 Å². The van der Waals surface area contributed by atoms with Gasteiger partial charge >= 0.3 is 0 Å². The van der Waals surface area contributed by atoms with Gasteiger partial charge in [0.2, 0.25) is 0 Å². The lowest BCUT2D eigenvalue weighted by Gasteiger charge is -2.57. The molecule has 0 heterocycles. The van der Waals surface area contributed by atoms with Crippen LogP contribution in [-0.2, 0) is 11.2 Å². The first-order chi connectivity index (χ1) is 15.4. The largest absolute Gasteiger partial charge is 0.389 e. The molecule has 0 radical (unpaired) electrons. The van der Waals surface area contributed by atoms with E-state index in [1.165, 1.54) is 29.7 Å². The number of hydrogen-bond donors (Lipinski definition) is 1. The molecule has 0 bridgehead atoms. The molecular formula is C29H39NO2. The van der Waals surface area contributed by atoms with Crippen LogP contribution in [0.15, 0.2) is 48.6 Å². The molecule has 0 spiro atoms. The maximum Gasteiger partial charge on any atom is 0.155 e. The number of anilines is 1. The first-order valence-electron chi connectivity index (χ1n) is 12.7. The molecule has 0 aliphatic heterocycles. The van der Waals surface area contributed by atoms with Crippen molar-refractivity contribution in [3.05, 3.63) is 54.1 Å². The minimum Gasteiger partial charge on any atom is -0.389 e. The van der Waals surface area contributed by atoms with E-state index in [1.54, 1.807) is 0 Å². The van der Waals surface area contributed by atoms with Crippen LogP contribution in [0.2, 0.25) is 0 Å². The first kappa shape index (κ1) is 21.9. The number of hydrogen-bond acceptors (Lipinski definition) is 3. The predicted molar refractivity (Wildman–Crippen MR) is 131 cm³/mol. The van der Waals surface area contributed by atoms with Crippen molar-refractivity contribution >= 4 is 11.5 Å². The van der Waals surface area contributed by atoms with Crippen molar-refractivity contribution in [1.82, 2.24) is 0 Å². The summed E-state index contributed by atoms with van der Waals surface area (Å²) in [6.45, 7) is 4.01. The molecular weight excluding hydrogens is 394 g/mol. The van der Waals surface area contributed by atoms with E-state index < -0.39 is 5.60 Å². The van der Waals surface area contributed by atoms with E-state index in [-0.39, 0.29) is 5.41 Å². The number of nitrogens with zero attached hydrogens (tertiary/aromatic N) is 1. The molecule has 0 saturated heterocycles. The second-order valence-corrected chi connectivity index (χ2v) is 11.3. The molecule has 3 saturated carbocycles. The maximum absolute atomic E-state index is 12.1. The van der Waals surface area contributed by atoms with Crippen molar-refractivity contribution in [2.24, 2.45) is 29.1 Å². The van der Waals surface area contributed by atoms with Crippen LogP contribution in [0.3, 0.4) is 0 Å². The van der Waals surface area contributed by atoms with Crippen LogP contribution in [0.4, 0.5) is 5.69 Å². The smallest absolute Gasteiger partial charge is 0.155 e. The fourth-order valence-electron chi connectivity index (χ4n) is 8.31. The molecule has 32 heavy (non-hydrogen) atoms. The van der Waals surface area contributed by atoms with Crippen LogP contribution in [-0.4, -0.2) is 30.6 Å². The number of fused-ring (bicyclic) bond motifs is 5. The molecule has 4 aliphatic rings. The van der Waals surface area contributed by atoms with Crippen LogP contribution < -0.4 is 4.90 Å². The van der Waals surface area contributed by atoms with Gasteiger partial charge < -0.3 is 10.0 Å². The topological polar surface area (TPSA) is 40.5 Å². The summed E-state index contributed by atoms with van der Waals surface area (Å²) in [6.07, 6.45) is 14.0. The maximum atomic E-state index is 12.1. The molecule has 0 unspecified atom stereocenters. The molecule has 172 valence electrons. The van der Waals surface area contributed by atoms with Gasteiger partial charge in [-0.2, -0.15) is 0 Å². The summed E-state index contributed by atoms with van der Waals surface area (Å²) in [4.78, 5) is 14.2. The summed E-state index contributed by atoms with van der Waals surface area (Å²) in [7, 11) is 4.16. The Morgan fingerprint density at radius 2 is 1.84 bits per heavy atom. The number of benzene rings is 1. The Balaban J connectivity index is 1.48. The van der Waals surface area contributed by atoms with Gasteiger partial charge in [-0.3, -0.25) is 4.79 Å². The van der Waals surface area contributed by atoms with Gasteiger partial charge in [-0.05, 0) is 105 Å². The average molecular weight is 434 g/mol. The normalized spacial score (nSPS) is 38.3. The molecule has 4 aliphatic carbocycles. The van der Waals surface area contributed by atoms with Crippen LogP contribution in [0.1, 0.15) is 63.4 Å². The number of ketones is 1. The molecule has 6 atom stereocenters. The monoisotopic (exact) mass is 433 g/mol. The summed E-state index contributed by atoms with van der Waals surface area (Å²) in [5.74, 6) is 2.89. The Morgan fingerprint density at radius 1 is 1.06 bits per heavy atom. The Labute approximate surface area is 193 Å². The number of carbonyl (C=O) groups is 1. The van der Waals surface area contributed by atoms with Crippen molar-refractivity contribution in [2.75, 3.05) is 19.0 Å². The van der Waals surface area contributed by atoms with E-state index in [9.17, 15) is 9.90 Å². The van der Waals surface area contributed by atoms with Gasteiger partial charge in [0.15, 0.2) is 5.78 Å². The fraction of sp³-hybridized carbons (Fsp3) is 0.621. The van der Waals surface area contributed by atoms with Crippen molar-refractivity contribution in [3.8, 4) is 0 Å². The van der Waals surface area contributed by atoms with E-state index >= 15 is 0 Å². The zero-order valence-corrected chi connectivity index (χ0v) is 19.9. The van der Waals surface area contributed by atoms with Gasteiger partial charge in [0.1, 0.15) is 0 Å². The number of rotatable bonds is 5. The predicted octanol–water partition coefficient (Wildman–Crippen LogP) is 5.72. The first-order valence-corrected chi connectivity index (χ1v) is 12.7. The van der Waals surface area contributed by atoms with Crippen LogP contribution >= 0.6 is 0 Å². The number of allylic oxidation sites excluding steroid dienone is 1. The van der Waals surface area contributed by atoms with Gasteiger partial charge in [0.05, 0.1) is 5.60 Å². The lowest BCUT2D eigenvalue weighted by atomic mass is 9.48. The number of carbonyl (C=O) groups excluding carboxylic acids is 1. The Kier molecular flexibility index (Phi) is 5.60. The third-order valence-corrected chi connectivity index (χ3v) is 9.76. The average Bonchev–Trinajstić information content (AvgIpc) is 3.06. The highest BCUT2D eigenvalue weighted by Gasteiger charge is 2.63. The van der Waals surface area contributed by atoms with E-state index in [1.807, 2.05) is 12.2 Å². The highest BCUT2D eigenvalue weighted by atomic mass is 16.3. The molecule has 0 amide bonds. The van der Waals surface area contributed by atoms with Crippen molar-refractivity contribution in [1.29, 1.82) is 0 Å². The van der Waals surface area contributed by atoms with Gasteiger partial charge in [-0.15, -0.1) is 6.58 Å². The fourth-order valence-corrected chi connectivity index (χ4v) is 8.31. The molecule has 1 aromatic rings. The van der Waals surface area contributed by atoms with E-state index in [0.717, 1.165) is 44.9 Å². The van der Waals surface area contributed by atoms with Gasteiger partial charge in [0.25, 0.3) is 0 Å². The Hall–Kier alpha value is -1.87. The second-order valence-electron chi connectivity index (χ2n) is 11.3. The molecule has 3 nitrogen and oxygen atoms in total. The van der Waals surface area contributed by atoms with Crippen LogP contribution in [0.5, 0.6) is 0 Å². The third-order valence-electron chi connectivity index (χ3n) is 9.76. The van der Waals surface area contributed by atoms with Gasteiger partial charge in [-0.1, -0.05) is 23.8 Å². The summed E-state index contributed by atoms with van der Waals surface area (Å²) in [6, 6.07) is 8.97. The van der Waals surface area contributed by atoms with Crippen molar-refractivity contribution in [3.63, 3.8) is 0 Å². The molecule has 1 aromatic carbocycles. The third kappa shape index (κ3) is 3.39. The molecule has 3 fully saturated rings. The lowest BCUT2D eigenvalue weighted by molar-refractivity contribution is -0.127. The van der Waals surface area contributed by atoms with E-state index in [2.05, 4.69) is 49.8 Å². The number of aliphatic hydroxyl groups is 1. The summed E-state index contributed by atoms with van der Waals surface area (Å²) < 4.78 is 0. The lowest BCUT2D eigenvalue weighted by Crippen LogP contribution is -2.55. The minimum absolute atomic E-state index is 0.0618. The molecule has 5 rings (SSSR count). The quantitative estimate of drug-likeness (QED) is 0.603. The van der Waals surface area contributed by atoms with Crippen molar-refractivity contribution < 1.29 is 9.90 Å². The minimum atomic E-state index is -0.650. The summed E-state index contributed by atoms with van der Waals surface area (Å²) in [5, 5.41) is 12.1. The summed E-state index contributed by atoms with van der Waals surface area (Å²) >= 11 is 0. The standard InChI is InChI=1S/C29H39NO2/c1-4-15-29(32)17-14-27-26-11-7-21-18-23(31)10-12-24(21)25(26)13-16-28(27,29)19-20-5-8-22(9-6-20)30(2)3/h4-6,8-9,18,24-27,32H,1,7,10-17,19H2,2-3H3/t24-,25+,26+,27-,28+,29-/m0/s1. The SMILES string of the molecule is C=CC[C@]1(O)CC[C@H]2[C@@H]3CCC4=CC(=O)CC[C@@H]4[C@H]3CC[C@@]21Cc1ccc(N(C)C)cc1. The van der Waals surface area contributed by atoms with E-state index in [4.69, 9.17) is 0 Å². The van der Waals surface area contributed by atoms with Gasteiger partial charge in [-0.25, -0.2) is 0 Å².